The molecule has 4 heterocycles. The molecule has 5 aliphatic rings. The molecule has 0 radical (unpaired) electrons. The molecule has 1 aliphatic carbocycles. The van der Waals surface area contributed by atoms with Crippen LogP contribution in [0.5, 0.6) is 0 Å². The second kappa shape index (κ2) is 9.25. The molecule has 2 saturated heterocycles. The van der Waals surface area contributed by atoms with Gasteiger partial charge < -0.3 is 33.5 Å². The highest BCUT2D eigenvalue weighted by atomic mass is 16.7. The quantitative estimate of drug-likeness (QED) is 0.218. The van der Waals surface area contributed by atoms with Crippen LogP contribution >= 0.6 is 0 Å². The van der Waals surface area contributed by atoms with Crippen molar-refractivity contribution in [2.45, 2.75) is 83.3 Å². The maximum atomic E-state index is 13.1. The van der Waals surface area contributed by atoms with Crippen molar-refractivity contribution in [3.63, 3.8) is 0 Å². The van der Waals surface area contributed by atoms with Gasteiger partial charge in [-0.1, -0.05) is 26.5 Å². The lowest BCUT2D eigenvalue weighted by atomic mass is 9.48. The Morgan fingerprint density at radius 2 is 1.80 bits per heavy atom. The monoisotopic (exact) mass is 574 g/mol. The van der Waals surface area contributed by atoms with E-state index >= 15 is 0 Å². The standard InChI is InChI=1S/C29H34O12/c1-13-21(27(5)9-8-18(31)40-26(3,4)17(27)11-19(32)36-7)16(37-14(2)30)12-28(6)22(15-10-20(33)38-24(15)34)39-25(35)23-29(13,28)41-23/h8-10,16-17,20-23,33H,1,11-12H2,2-7H3/t16-,17-,20+,21+,22-,23+,27-,28-,29+/m0/s1. The van der Waals surface area contributed by atoms with Gasteiger partial charge in [-0.2, -0.15) is 0 Å². The molecule has 0 aromatic heterocycles. The van der Waals surface area contributed by atoms with Crippen molar-refractivity contribution in [3.8, 4) is 0 Å². The average Bonchev–Trinajstić information content (AvgIpc) is 3.57. The van der Waals surface area contributed by atoms with Gasteiger partial charge in [-0.05, 0) is 31.9 Å². The van der Waals surface area contributed by atoms with Crippen molar-refractivity contribution in [1.29, 1.82) is 0 Å². The molecule has 0 amide bonds. The van der Waals surface area contributed by atoms with Crippen LogP contribution in [0.25, 0.3) is 0 Å². The summed E-state index contributed by atoms with van der Waals surface area (Å²) in [4.78, 5) is 63.6. The first-order chi connectivity index (χ1) is 19.0. The summed E-state index contributed by atoms with van der Waals surface area (Å²) in [6.45, 7) is 12.6. The van der Waals surface area contributed by atoms with Crippen LogP contribution in [0.1, 0.15) is 47.5 Å². The zero-order valence-corrected chi connectivity index (χ0v) is 23.8. The molecule has 1 saturated carbocycles. The van der Waals surface area contributed by atoms with Crippen molar-refractivity contribution in [2.75, 3.05) is 7.11 Å². The minimum atomic E-state index is -1.51. The summed E-state index contributed by atoms with van der Waals surface area (Å²) in [5, 5.41) is 9.95. The van der Waals surface area contributed by atoms with Crippen LogP contribution in [-0.4, -0.2) is 77.9 Å². The fourth-order valence-electron chi connectivity index (χ4n) is 7.81. The Kier molecular flexibility index (Phi) is 6.54. The molecular weight excluding hydrogens is 540 g/mol. The van der Waals surface area contributed by atoms with Gasteiger partial charge in [0.05, 0.1) is 19.1 Å². The molecule has 12 heteroatoms. The fraction of sp³-hybridized carbons (Fsp3) is 0.621. The molecule has 5 rings (SSSR count). The molecule has 3 fully saturated rings. The number of allylic oxidation sites excluding steroid dienone is 1. The topological polar surface area (TPSA) is 164 Å². The summed E-state index contributed by atoms with van der Waals surface area (Å²) in [5.74, 6) is -4.81. The number of aliphatic hydroxyl groups excluding tert-OH is 1. The lowest BCUT2D eigenvalue weighted by molar-refractivity contribution is -0.183. The lowest BCUT2D eigenvalue weighted by Crippen LogP contribution is -2.65. The largest absolute Gasteiger partial charge is 0.469 e. The molecule has 0 aromatic carbocycles. The Morgan fingerprint density at radius 1 is 1.12 bits per heavy atom. The van der Waals surface area contributed by atoms with Crippen molar-refractivity contribution in [1.82, 2.24) is 0 Å². The number of esters is 5. The van der Waals surface area contributed by atoms with Gasteiger partial charge in [-0.15, -0.1) is 0 Å². The van der Waals surface area contributed by atoms with Gasteiger partial charge in [0.2, 0.25) is 6.29 Å². The van der Waals surface area contributed by atoms with Gasteiger partial charge in [0.15, 0.2) is 6.10 Å². The van der Waals surface area contributed by atoms with Crippen molar-refractivity contribution >= 4 is 29.8 Å². The number of cyclic esters (lactones) is 3. The number of rotatable bonds is 5. The van der Waals surface area contributed by atoms with E-state index in [1.165, 1.54) is 26.2 Å². The van der Waals surface area contributed by atoms with Crippen LogP contribution in [0.4, 0.5) is 0 Å². The Labute approximate surface area is 236 Å². The number of hydrogen-bond acceptors (Lipinski definition) is 12. The van der Waals surface area contributed by atoms with E-state index in [4.69, 9.17) is 28.4 Å². The third-order valence-corrected chi connectivity index (χ3v) is 9.53. The Bertz CT molecular complexity index is 1310. The summed E-state index contributed by atoms with van der Waals surface area (Å²) in [5.41, 5.74) is -4.51. The number of epoxide rings is 1. The third kappa shape index (κ3) is 4.13. The first kappa shape index (κ1) is 29.0. The van der Waals surface area contributed by atoms with Crippen LogP contribution in [0.2, 0.25) is 0 Å². The Morgan fingerprint density at radius 3 is 2.39 bits per heavy atom. The van der Waals surface area contributed by atoms with E-state index in [0.29, 0.717) is 5.57 Å². The molecule has 0 bridgehead atoms. The van der Waals surface area contributed by atoms with Crippen molar-refractivity contribution in [2.24, 2.45) is 22.7 Å². The number of hydrogen-bond donors (Lipinski definition) is 1. The molecular formula is C29H34O12. The molecule has 0 unspecified atom stereocenters. The minimum Gasteiger partial charge on any atom is -0.469 e. The number of carbonyl (C=O) groups excluding carboxylic acids is 5. The SMILES string of the molecule is C=C1[C@@H]([C@@]2(C)C=CC(=O)OC(C)(C)[C@@H]2CC(=O)OC)[C@@H](OC(C)=O)C[C@@]2(C)[C@H](C3=C[C@H](O)OC3=O)OC(=O)[C@H]3O[C@]132. The van der Waals surface area contributed by atoms with E-state index in [2.05, 4.69) is 6.58 Å². The number of carbonyl (C=O) groups is 5. The first-order valence-electron chi connectivity index (χ1n) is 13.4. The molecule has 4 aliphatic heterocycles. The maximum Gasteiger partial charge on any atom is 0.340 e. The molecule has 222 valence electrons. The van der Waals surface area contributed by atoms with E-state index in [1.54, 1.807) is 26.8 Å². The highest BCUT2D eigenvalue weighted by Crippen LogP contribution is 2.70. The highest BCUT2D eigenvalue weighted by molar-refractivity contribution is 5.94. The normalized spacial score (nSPS) is 42.5. The zero-order chi connectivity index (χ0) is 30.3. The maximum absolute atomic E-state index is 13.1. The Hall–Kier alpha value is -3.51. The number of ether oxygens (including phenoxy) is 6. The molecule has 12 nitrogen and oxygen atoms in total. The smallest absolute Gasteiger partial charge is 0.340 e. The van der Waals surface area contributed by atoms with Crippen molar-refractivity contribution in [3.05, 3.63) is 36.0 Å². The van der Waals surface area contributed by atoms with Gasteiger partial charge in [0, 0.05) is 35.7 Å². The van der Waals surface area contributed by atoms with E-state index in [1.807, 2.05) is 6.92 Å². The average molecular weight is 575 g/mol. The summed E-state index contributed by atoms with van der Waals surface area (Å²) >= 11 is 0. The van der Waals surface area contributed by atoms with Gasteiger partial charge >= 0.3 is 29.8 Å². The molecule has 41 heavy (non-hydrogen) atoms. The summed E-state index contributed by atoms with van der Waals surface area (Å²) in [6.07, 6.45) is -0.738. The van der Waals surface area contributed by atoms with Crippen LogP contribution in [0, 0.1) is 22.7 Å². The predicted octanol–water partition coefficient (Wildman–Crippen LogP) is 1.44. The van der Waals surface area contributed by atoms with Crippen LogP contribution in [-0.2, 0) is 52.4 Å². The summed E-state index contributed by atoms with van der Waals surface area (Å²) in [7, 11) is 1.26. The second-order valence-corrected chi connectivity index (χ2v) is 12.3. The van der Waals surface area contributed by atoms with E-state index in [9.17, 15) is 29.1 Å². The molecule has 1 N–H and O–H groups in total. The number of aliphatic hydroxyl groups is 1. The second-order valence-electron chi connectivity index (χ2n) is 12.3. The van der Waals surface area contributed by atoms with Gasteiger partial charge in [-0.25, -0.2) is 14.4 Å². The number of methoxy groups -OCH3 is 1. The van der Waals surface area contributed by atoms with Crippen LogP contribution in [0.15, 0.2) is 36.0 Å². The molecule has 0 aromatic rings. The zero-order valence-electron chi connectivity index (χ0n) is 23.8. The minimum absolute atomic E-state index is 0.0367. The van der Waals surface area contributed by atoms with Crippen molar-refractivity contribution < 1.29 is 57.5 Å². The third-order valence-electron chi connectivity index (χ3n) is 9.53. The van der Waals surface area contributed by atoms with Gasteiger partial charge in [0.25, 0.3) is 0 Å². The summed E-state index contributed by atoms with van der Waals surface area (Å²) in [6, 6.07) is 0. The van der Waals surface area contributed by atoms with Crippen LogP contribution < -0.4 is 0 Å². The van der Waals surface area contributed by atoms with Crippen LogP contribution in [0.3, 0.4) is 0 Å². The predicted molar refractivity (Wildman–Crippen MR) is 136 cm³/mol. The van der Waals surface area contributed by atoms with E-state index in [0.717, 1.165) is 0 Å². The fourth-order valence-corrected chi connectivity index (χ4v) is 7.81. The molecule has 9 atom stereocenters. The highest BCUT2D eigenvalue weighted by Gasteiger charge is 2.82. The van der Waals surface area contributed by atoms with Gasteiger partial charge in [0.1, 0.15) is 23.4 Å². The lowest BCUT2D eigenvalue weighted by Gasteiger charge is -2.57. The first-order valence-corrected chi connectivity index (χ1v) is 13.4. The van der Waals surface area contributed by atoms with E-state index < -0.39 is 88.3 Å². The summed E-state index contributed by atoms with van der Waals surface area (Å²) < 4.78 is 33.3. The Balaban J connectivity index is 1.68. The van der Waals surface area contributed by atoms with Gasteiger partial charge in [-0.3, -0.25) is 9.59 Å². The van der Waals surface area contributed by atoms with E-state index in [-0.39, 0.29) is 18.4 Å². The molecule has 1 spiro atoms.